The third kappa shape index (κ3) is 7.86. The summed E-state index contributed by atoms with van der Waals surface area (Å²) in [4.78, 5) is 24.1. The van der Waals surface area contributed by atoms with E-state index in [0.717, 1.165) is 6.92 Å². The van der Waals surface area contributed by atoms with Gasteiger partial charge < -0.3 is 94.6 Å². The number of ether oxygens (including phenoxy) is 7. The highest BCUT2D eigenvalue weighted by Gasteiger charge is 2.56. The summed E-state index contributed by atoms with van der Waals surface area (Å²) in [6.07, 6.45) is -33.6. The molecule has 0 aromatic heterocycles. The number of aliphatic carboxylic acids is 1. The van der Waals surface area contributed by atoms with Gasteiger partial charge in [-0.25, -0.2) is 4.79 Å². The first-order chi connectivity index (χ1) is 22.0. The minimum Gasteiger partial charge on any atom is -0.479 e. The summed E-state index contributed by atoms with van der Waals surface area (Å²) < 4.78 is 38.3. The van der Waals surface area contributed by atoms with Crippen molar-refractivity contribution in [2.75, 3.05) is 6.61 Å². The number of carboxylic acid groups (broad SMARTS) is 1. The lowest BCUT2D eigenvalue weighted by atomic mass is 9.95. The minimum absolute atomic E-state index is 0.708. The van der Waals surface area contributed by atoms with Crippen LogP contribution < -0.4 is 5.32 Å². The van der Waals surface area contributed by atoms with Crippen LogP contribution in [0.3, 0.4) is 0 Å². The Bertz CT molecular complexity index is 1070. The summed E-state index contributed by atoms with van der Waals surface area (Å²) in [5.41, 5.74) is 0. The standard InChI is InChI=1S/C26H43NO20/c1-5-10(30)13(33)16(36)24(41-5)46-20-14(34)11(31)6(2)42-26(20)45-19-15(35)17(37)25(47-21(19)22(38)39)44-18-9(27-7(3)29)23(40)43-8(4-28)12(18)32/h5-6,8-21,23-26,28,30-37,40H,4H2,1-3H3,(H,27,29)(H,38,39)/t5-,6-,8?,9-,10-,11-,12-,13?,14?,15?,16?,17-,18?,19+,20?,21?,23+,24-,25+,26-/m0/s1. The Hall–Kier alpha value is -1.74. The Labute approximate surface area is 266 Å². The second-order valence-corrected chi connectivity index (χ2v) is 11.9. The van der Waals surface area contributed by atoms with Gasteiger partial charge >= 0.3 is 5.97 Å². The monoisotopic (exact) mass is 689 g/mol. The highest BCUT2D eigenvalue weighted by atomic mass is 16.8. The second kappa shape index (κ2) is 15.4. The van der Waals surface area contributed by atoms with Gasteiger partial charge in [-0.3, -0.25) is 4.79 Å². The van der Waals surface area contributed by atoms with Gasteiger partial charge in [0.1, 0.15) is 79.3 Å². The molecule has 4 saturated heterocycles. The first kappa shape index (κ1) is 38.1. The number of carbonyl (C=O) groups is 2. The van der Waals surface area contributed by atoms with E-state index in [0.29, 0.717) is 0 Å². The molecule has 20 atom stereocenters. The van der Waals surface area contributed by atoms with Crippen LogP contribution in [0.1, 0.15) is 20.8 Å². The molecule has 0 aromatic rings. The number of nitrogens with one attached hydrogen (secondary N) is 1. The molecule has 0 radical (unpaired) electrons. The van der Waals surface area contributed by atoms with Crippen molar-refractivity contribution in [1.29, 1.82) is 0 Å². The molecule has 4 heterocycles. The van der Waals surface area contributed by atoms with E-state index in [9.17, 15) is 65.8 Å². The minimum atomic E-state index is -2.18. The molecule has 21 nitrogen and oxygen atoms in total. The van der Waals surface area contributed by atoms with Crippen molar-refractivity contribution in [2.45, 2.75) is 144 Å². The molecule has 4 aliphatic heterocycles. The van der Waals surface area contributed by atoms with E-state index in [1.54, 1.807) is 0 Å². The van der Waals surface area contributed by atoms with Crippen LogP contribution in [0, 0.1) is 0 Å². The summed E-state index contributed by atoms with van der Waals surface area (Å²) in [7, 11) is 0. The van der Waals surface area contributed by atoms with Gasteiger partial charge in [0.25, 0.3) is 0 Å². The highest BCUT2D eigenvalue weighted by molar-refractivity contribution is 5.74. The molecule has 0 aromatic carbocycles. The number of hydrogen-bond acceptors (Lipinski definition) is 19. The SMILES string of the molecule is CC(=O)N[C@H]1C(O[C@@H]2OC(C(=O)O)[C@H](O[C@@H]3O[C@@H](C)[C@H](O)C(O)C3O[C@@H]3O[C@@H](C)[C@H](O)C(O)C3O)C(O)[C@@H]2O)[C@@H](O)C(CO)O[C@H]1O. The Balaban J connectivity index is 1.56. The molecule has 4 aliphatic rings. The number of rotatable bonds is 9. The van der Waals surface area contributed by atoms with Crippen molar-refractivity contribution < 1.29 is 98.9 Å². The largest absolute Gasteiger partial charge is 0.479 e. The molecule has 272 valence electrons. The van der Waals surface area contributed by atoms with E-state index in [2.05, 4.69) is 5.32 Å². The first-order valence-electron chi connectivity index (χ1n) is 14.8. The van der Waals surface area contributed by atoms with Crippen LogP contribution in [-0.2, 0) is 42.7 Å². The summed E-state index contributed by atoms with van der Waals surface area (Å²) in [6, 6.07) is -1.52. The Kier molecular flexibility index (Phi) is 12.5. The molecule has 4 fully saturated rings. The lowest BCUT2D eigenvalue weighted by Crippen LogP contribution is -2.69. The molecule has 0 aliphatic carbocycles. The normalized spacial score (nSPS) is 50.9. The summed E-state index contributed by atoms with van der Waals surface area (Å²) >= 11 is 0. The van der Waals surface area contributed by atoms with E-state index in [1.165, 1.54) is 13.8 Å². The van der Waals surface area contributed by atoms with Crippen LogP contribution in [-0.4, -0.2) is 197 Å². The molecule has 1 amide bonds. The molecule has 0 saturated carbocycles. The molecule has 8 unspecified atom stereocenters. The van der Waals surface area contributed by atoms with E-state index >= 15 is 0 Å². The summed E-state index contributed by atoms with van der Waals surface area (Å²) in [5, 5.41) is 117. The van der Waals surface area contributed by atoms with Gasteiger partial charge in [0.15, 0.2) is 31.3 Å². The number of carboxylic acids is 1. The van der Waals surface area contributed by atoms with Crippen molar-refractivity contribution in [3.63, 3.8) is 0 Å². The molecular weight excluding hydrogens is 646 g/mol. The van der Waals surface area contributed by atoms with Crippen LogP contribution in [0.4, 0.5) is 0 Å². The predicted molar refractivity (Wildman–Crippen MR) is 143 cm³/mol. The Morgan fingerprint density at radius 1 is 0.617 bits per heavy atom. The van der Waals surface area contributed by atoms with Crippen molar-refractivity contribution in [3.05, 3.63) is 0 Å². The highest BCUT2D eigenvalue weighted by Crippen LogP contribution is 2.34. The molecule has 47 heavy (non-hydrogen) atoms. The summed E-state index contributed by atoms with van der Waals surface area (Å²) in [6.45, 7) is 2.92. The molecular formula is C26H43NO20. The van der Waals surface area contributed by atoms with Gasteiger partial charge in [0.2, 0.25) is 5.91 Å². The molecule has 21 heteroatoms. The second-order valence-electron chi connectivity index (χ2n) is 11.9. The Morgan fingerprint density at radius 2 is 1.11 bits per heavy atom. The van der Waals surface area contributed by atoms with Gasteiger partial charge in [0.05, 0.1) is 18.8 Å². The van der Waals surface area contributed by atoms with E-state index < -0.39 is 141 Å². The maximum atomic E-state index is 12.3. The third-order valence-electron chi connectivity index (χ3n) is 8.50. The van der Waals surface area contributed by atoms with Crippen molar-refractivity contribution in [1.82, 2.24) is 5.32 Å². The zero-order valence-corrected chi connectivity index (χ0v) is 25.3. The van der Waals surface area contributed by atoms with Gasteiger partial charge in [-0.15, -0.1) is 0 Å². The smallest absolute Gasteiger partial charge is 0.335 e. The molecule has 12 N–H and O–H groups in total. The topological polar surface area (TPSA) is 333 Å². The van der Waals surface area contributed by atoms with E-state index in [-0.39, 0.29) is 0 Å². The molecule has 0 spiro atoms. The fraction of sp³-hybridized carbons (Fsp3) is 0.923. The number of carbonyl (C=O) groups excluding carboxylic acids is 1. The fourth-order valence-electron chi connectivity index (χ4n) is 5.78. The van der Waals surface area contributed by atoms with E-state index in [4.69, 9.17) is 33.2 Å². The first-order valence-corrected chi connectivity index (χ1v) is 14.8. The molecule has 4 rings (SSSR count). The molecule has 0 bridgehead atoms. The number of aliphatic hydroxyl groups excluding tert-OH is 10. The predicted octanol–water partition coefficient (Wildman–Crippen LogP) is -7.46. The van der Waals surface area contributed by atoms with Crippen LogP contribution in [0.2, 0.25) is 0 Å². The third-order valence-corrected chi connectivity index (χ3v) is 8.50. The summed E-state index contributed by atoms with van der Waals surface area (Å²) in [5.74, 6) is -2.48. The maximum Gasteiger partial charge on any atom is 0.335 e. The van der Waals surface area contributed by atoms with Crippen molar-refractivity contribution >= 4 is 11.9 Å². The quantitative estimate of drug-likeness (QED) is 0.107. The van der Waals surface area contributed by atoms with Gasteiger partial charge in [-0.1, -0.05) is 0 Å². The van der Waals surface area contributed by atoms with E-state index in [1.807, 2.05) is 0 Å². The zero-order chi connectivity index (χ0) is 35.1. The Morgan fingerprint density at radius 3 is 1.68 bits per heavy atom. The zero-order valence-electron chi connectivity index (χ0n) is 25.3. The lowest BCUT2D eigenvalue weighted by molar-refractivity contribution is -0.386. The number of hydrogen-bond donors (Lipinski definition) is 12. The van der Waals surface area contributed by atoms with Crippen LogP contribution in [0.5, 0.6) is 0 Å². The van der Waals surface area contributed by atoms with Crippen LogP contribution in [0.25, 0.3) is 0 Å². The number of aliphatic hydroxyl groups is 10. The average molecular weight is 690 g/mol. The van der Waals surface area contributed by atoms with Gasteiger partial charge in [-0.2, -0.15) is 0 Å². The van der Waals surface area contributed by atoms with Gasteiger partial charge in [0, 0.05) is 6.92 Å². The van der Waals surface area contributed by atoms with Crippen LogP contribution >= 0.6 is 0 Å². The average Bonchev–Trinajstić information content (AvgIpc) is 3.01. The van der Waals surface area contributed by atoms with Crippen LogP contribution in [0.15, 0.2) is 0 Å². The van der Waals surface area contributed by atoms with Gasteiger partial charge in [-0.05, 0) is 13.8 Å². The number of amides is 1. The van der Waals surface area contributed by atoms with Crippen molar-refractivity contribution in [3.8, 4) is 0 Å². The maximum absolute atomic E-state index is 12.3. The lowest BCUT2D eigenvalue weighted by Gasteiger charge is -2.49. The fourth-order valence-corrected chi connectivity index (χ4v) is 5.78. The van der Waals surface area contributed by atoms with Crippen molar-refractivity contribution in [2.24, 2.45) is 0 Å².